The van der Waals surface area contributed by atoms with E-state index in [2.05, 4.69) is 37.2 Å². The average Bonchev–Trinajstić information content (AvgIpc) is 3.06. The van der Waals surface area contributed by atoms with E-state index in [1.807, 2.05) is 6.07 Å². The normalized spacial score (nSPS) is 16.9. The number of esters is 1. The zero-order chi connectivity index (χ0) is 12.4. The highest BCUT2D eigenvalue weighted by Crippen LogP contribution is 2.36. The molecule has 1 heterocycles. The summed E-state index contributed by atoms with van der Waals surface area (Å²) in [6.07, 6.45) is 2.53. The summed E-state index contributed by atoms with van der Waals surface area (Å²) in [6, 6.07) is 1.60. The third-order valence-corrected chi connectivity index (χ3v) is 6.01. The molecule has 1 aliphatic carbocycles. The van der Waals surface area contributed by atoms with Crippen LogP contribution in [0, 0.1) is 5.92 Å². The van der Waals surface area contributed by atoms with Crippen LogP contribution < -0.4 is 5.32 Å². The van der Waals surface area contributed by atoms with Gasteiger partial charge in [0.15, 0.2) is 0 Å². The van der Waals surface area contributed by atoms with Gasteiger partial charge in [0.1, 0.15) is 6.04 Å². The maximum atomic E-state index is 11.8. The molecule has 0 aromatic carbocycles. The monoisotopic (exact) mass is 381 g/mol. The Morgan fingerprint density at radius 3 is 2.82 bits per heavy atom. The van der Waals surface area contributed by atoms with Crippen molar-refractivity contribution in [2.45, 2.75) is 18.9 Å². The zero-order valence-electron chi connectivity index (χ0n) is 9.33. The first-order valence-corrected chi connectivity index (χ1v) is 7.78. The molecule has 94 valence electrons. The van der Waals surface area contributed by atoms with E-state index in [4.69, 9.17) is 4.74 Å². The van der Waals surface area contributed by atoms with Crippen molar-refractivity contribution < 1.29 is 9.53 Å². The Balaban J connectivity index is 2.09. The fourth-order valence-corrected chi connectivity index (χ4v) is 3.68. The van der Waals surface area contributed by atoms with Crippen molar-refractivity contribution in [2.24, 2.45) is 5.92 Å². The highest BCUT2D eigenvalue weighted by atomic mass is 79.9. The second kappa shape index (κ2) is 5.82. The van der Waals surface area contributed by atoms with Crippen LogP contribution in [-0.2, 0) is 9.53 Å². The lowest BCUT2D eigenvalue weighted by Crippen LogP contribution is -2.30. The van der Waals surface area contributed by atoms with Crippen LogP contribution in [-0.4, -0.2) is 19.6 Å². The van der Waals surface area contributed by atoms with E-state index < -0.39 is 0 Å². The molecule has 1 fully saturated rings. The van der Waals surface area contributed by atoms with Crippen molar-refractivity contribution in [1.82, 2.24) is 5.32 Å². The van der Waals surface area contributed by atoms with Crippen LogP contribution in [0.2, 0.25) is 0 Å². The second-order valence-corrected chi connectivity index (χ2v) is 7.33. The molecule has 1 aromatic heterocycles. The Labute approximate surface area is 121 Å². The molecule has 1 aliphatic rings. The molecule has 6 heteroatoms. The Kier molecular flexibility index (Phi) is 4.63. The molecule has 2 rings (SSSR count). The summed E-state index contributed by atoms with van der Waals surface area (Å²) in [4.78, 5) is 12.7. The van der Waals surface area contributed by atoms with Crippen LogP contribution >= 0.6 is 43.2 Å². The molecule has 0 aliphatic heterocycles. The van der Waals surface area contributed by atoms with Crippen LogP contribution in [0.25, 0.3) is 0 Å². The first-order chi connectivity index (χ1) is 8.11. The molecule has 0 spiro atoms. The van der Waals surface area contributed by atoms with E-state index in [1.165, 1.54) is 20.0 Å². The molecule has 1 atom stereocenters. The summed E-state index contributed by atoms with van der Waals surface area (Å²) in [5.74, 6) is 0.501. The van der Waals surface area contributed by atoms with Crippen LogP contribution in [0.15, 0.2) is 14.3 Å². The number of hydrogen-bond donors (Lipinski definition) is 1. The number of hydrogen-bond acceptors (Lipinski definition) is 4. The van der Waals surface area contributed by atoms with Gasteiger partial charge in [0.2, 0.25) is 0 Å². The lowest BCUT2D eigenvalue weighted by molar-refractivity contribution is -0.143. The Morgan fingerprint density at radius 2 is 2.35 bits per heavy atom. The summed E-state index contributed by atoms with van der Waals surface area (Å²) in [5, 5.41) is 3.28. The summed E-state index contributed by atoms with van der Waals surface area (Å²) < 4.78 is 6.81. The first-order valence-electron chi connectivity index (χ1n) is 5.37. The molecule has 0 amide bonds. The van der Waals surface area contributed by atoms with Crippen molar-refractivity contribution in [3.05, 3.63) is 19.2 Å². The lowest BCUT2D eigenvalue weighted by Gasteiger charge is -2.14. The van der Waals surface area contributed by atoms with Gasteiger partial charge in [-0.05, 0) is 63.2 Å². The number of halogens is 2. The van der Waals surface area contributed by atoms with Gasteiger partial charge in [-0.1, -0.05) is 0 Å². The van der Waals surface area contributed by atoms with E-state index >= 15 is 0 Å². The summed E-state index contributed by atoms with van der Waals surface area (Å²) in [7, 11) is 1.42. The molecule has 0 radical (unpaired) electrons. The fourth-order valence-electron chi connectivity index (χ4n) is 1.53. The van der Waals surface area contributed by atoms with Gasteiger partial charge in [0, 0.05) is 9.35 Å². The van der Waals surface area contributed by atoms with Crippen LogP contribution in [0.4, 0.5) is 0 Å². The maximum absolute atomic E-state index is 11.8. The highest BCUT2D eigenvalue weighted by Gasteiger charge is 2.28. The molecule has 1 unspecified atom stereocenters. The topological polar surface area (TPSA) is 38.3 Å². The summed E-state index contributed by atoms with van der Waals surface area (Å²) in [5.41, 5.74) is 0. The van der Waals surface area contributed by atoms with Gasteiger partial charge >= 0.3 is 5.97 Å². The van der Waals surface area contributed by atoms with Crippen molar-refractivity contribution in [3.63, 3.8) is 0 Å². The predicted molar refractivity (Wildman–Crippen MR) is 75.2 cm³/mol. The van der Waals surface area contributed by atoms with Gasteiger partial charge in [-0.25, -0.2) is 4.79 Å². The van der Waals surface area contributed by atoms with E-state index in [-0.39, 0.29) is 12.0 Å². The number of carbonyl (C=O) groups excluding carboxylic acids is 1. The summed E-state index contributed by atoms with van der Waals surface area (Å²) >= 11 is 8.42. The highest BCUT2D eigenvalue weighted by molar-refractivity contribution is 9.13. The molecule has 0 bridgehead atoms. The lowest BCUT2D eigenvalue weighted by atomic mass is 10.2. The minimum Gasteiger partial charge on any atom is -0.468 e. The molecule has 1 saturated carbocycles. The molecule has 0 saturated heterocycles. The van der Waals surface area contributed by atoms with E-state index in [0.29, 0.717) is 0 Å². The van der Waals surface area contributed by atoms with Crippen molar-refractivity contribution in [1.29, 1.82) is 0 Å². The standard InChI is InChI=1S/C11H13Br2NO2S/c1-16-11(15)9(14-5-6-2-3-6)8-4-7(12)10(13)17-8/h4,6,9,14H,2-3,5H2,1H3. The third kappa shape index (κ3) is 3.53. The van der Waals surface area contributed by atoms with Gasteiger partial charge in [0.25, 0.3) is 0 Å². The number of nitrogens with one attached hydrogen (secondary N) is 1. The number of rotatable bonds is 5. The smallest absolute Gasteiger partial charge is 0.328 e. The maximum Gasteiger partial charge on any atom is 0.328 e. The van der Waals surface area contributed by atoms with Gasteiger partial charge < -0.3 is 4.74 Å². The predicted octanol–water partition coefficient (Wildman–Crippen LogP) is 3.49. The van der Waals surface area contributed by atoms with E-state index in [9.17, 15) is 4.79 Å². The molecule has 3 nitrogen and oxygen atoms in total. The SMILES string of the molecule is COC(=O)C(NCC1CC1)c1cc(Br)c(Br)s1. The molecule has 1 N–H and O–H groups in total. The van der Waals surface area contributed by atoms with Gasteiger partial charge in [-0.3, -0.25) is 5.32 Å². The van der Waals surface area contributed by atoms with Crippen molar-refractivity contribution in [2.75, 3.05) is 13.7 Å². The van der Waals surface area contributed by atoms with Crippen molar-refractivity contribution in [3.8, 4) is 0 Å². The molecular weight excluding hydrogens is 370 g/mol. The zero-order valence-corrected chi connectivity index (χ0v) is 13.3. The van der Waals surface area contributed by atoms with Gasteiger partial charge in [-0.15, -0.1) is 11.3 Å². The van der Waals surface area contributed by atoms with E-state index in [0.717, 1.165) is 25.6 Å². The van der Waals surface area contributed by atoms with Crippen LogP contribution in [0.5, 0.6) is 0 Å². The quantitative estimate of drug-likeness (QED) is 0.792. The third-order valence-electron chi connectivity index (χ3n) is 2.69. The molecular formula is C11H13Br2NO2S. The number of ether oxygens (including phenoxy) is 1. The average molecular weight is 383 g/mol. The van der Waals surface area contributed by atoms with Crippen LogP contribution in [0.3, 0.4) is 0 Å². The minimum atomic E-state index is -0.354. The Morgan fingerprint density at radius 1 is 1.65 bits per heavy atom. The van der Waals surface area contributed by atoms with Crippen LogP contribution in [0.1, 0.15) is 23.8 Å². The Hall–Kier alpha value is 0.0900. The number of methoxy groups -OCH3 is 1. The molecule has 17 heavy (non-hydrogen) atoms. The molecule has 1 aromatic rings. The Bertz CT molecular complexity index is 398. The first kappa shape index (κ1) is 13.5. The van der Waals surface area contributed by atoms with E-state index in [1.54, 1.807) is 11.3 Å². The van der Waals surface area contributed by atoms with Gasteiger partial charge in [-0.2, -0.15) is 0 Å². The largest absolute Gasteiger partial charge is 0.468 e. The van der Waals surface area contributed by atoms with Crippen molar-refractivity contribution >= 4 is 49.2 Å². The fraction of sp³-hybridized carbons (Fsp3) is 0.545. The van der Waals surface area contributed by atoms with Gasteiger partial charge in [0.05, 0.1) is 10.9 Å². The summed E-state index contributed by atoms with van der Waals surface area (Å²) in [6.45, 7) is 0.882. The second-order valence-electron chi connectivity index (χ2n) is 4.08. The number of carbonyl (C=O) groups is 1. The minimum absolute atomic E-state index is 0.230. The number of thiophene rings is 1.